The minimum Gasteiger partial charge on any atom is -0.393 e. The Morgan fingerprint density at radius 2 is 2.00 bits per heavy atom. The summed E-state index contributed by atoms with van der Waals surface area (Å²) >= 11 is 0. The molecule has 0 spiro atoms. The Kier molecular flexibility index (Phi) is 4.30. The summed E-state index contributed by atoms with van der Waals surface area (Å²) in [6.07, 6.45) is 3.70. The molecule has 1 aromatic heterocycles. The van der Waals surface area contributed by atoms with Gasteiger partial charge in [0, 0.05) is 13.1 Å². The van der Waals surface area contributed by atoms with Gasteiger partial charge in [0.25, 0.3) is 0 Å². The predicted octanol–water partition coefficient (Wildman–Crippen LogP) is 1.09. The van der Waals surface area contributed by atoms with E-state index >= 15 is 0 Å². The highest BCUT2D eigenvalue weighted by Gasteiger charge is 2.06. The molecule has 84 valence electrons. The van der Waals surface area contributed by atoms with Crippen LogP contribution in [0.4, 0.5) is 11.6 Å². The summed E-state index contributed by atoms with van der Waals surface area (Å²) in [6, 6.07) is 0.173. The number of hydrogen-bond acceptors (Lipinski definition) is 5. The maximum absolute atomic E-state index is 9.21. The van der Waals surface area contributed by atoms with Crippen molar-refractivity contribution in [3.05, 3.63) is 12.4 Å². The normalized spacial score (nSPS) is 14.4. The fourth-order valence-electron chi connectivity index (χ4n) is 1.38. The number of aliphatic hydroxyl groups is 1. The van der Waals surface area contributed by atoms with Crippen molar-refractivity contribution in [2.75, 3.05) is 17.7 Å². The zero-order chi connectivity index (χ0) is 11.3. The van der Waals surface area contributed by atoms with Crippen molar-refractivity contribution >= 4 is 11.6 Å². The molecular weight excluding hydrogens is 192 g/mol. The minimum absolute atomic E-state index is 0.173. The molecule has 1 rings (SSSR count). The molecule has 2 unspecified atom stereocenters. The summed E-state index contributed by atoms with van der Waals surface area (Å²) in [6.45, 7) is 3.77. The van der Waals surface area contributed by atoms with Crippen molar-refractivity contribution in [2.45, 2.75) is 32.4 Å². The van der Waals surface area contributed by atoms with Crippen LogP contribution in [-0.4, -0.2) is 34.3 Å². The van der Waals surface area contributed by atoms with Gasteiger partial charge in [0.05, 0.1) is 18.5 Å². The average Bonchev–Trinajstić information content (AvgIpc) is 2.16. The Bertz CT molecular complexity index is 303. The van der Waals surface area contributed by atoms with E-state index in [-0.39, 0.29) is 12.1 Å². The van der Waals surface area contributed by atoms with Crippen LogP contribution in [0.3, 0.4) is 0 Å². The van der Waals surface area contributed by atoms with E-state index in [1.807, 2.05) is 6.92 Å². The summed E-state index contributed by atoms with van der Waals surface area (Å²) in [5.74, 6) is 1.44. The topological polar surface area (TPSA) is 70.1 Å². The number of anilines is 2. The fraction of sp³-hybridized carbons (Fsp3) is 0.600. The summed E-state index contributed by atoms with van der Waals surface area (Å²) in [7, 11) is 1.80. The van der Waals surface area contributed by atoms with Gasteiger partial charge < -0.3 is 15.7 Å². The van der Waals surface area contributed by atoms with Crippen molar-refractivity contribution < 1.29 is 5.11 Å². The van der Waals surface area contributed by atoms with Gasteiger partial charge in [-0.1, -0.05) is 0 Å². The first-order chi connectivity index (χ1) is 7.11. The number of nitrogens with one attached hydrogen (secondary N) is 2. The third-order valence-corrected chi connectivity index (χ3v) is 1.98. The summed E-state index contributed by atoms with van der Waals surface area (Å²) in [4.78, 5) is 8.31. The molecule has 2 atom stereocenters. The number of nitrogens with zero attached hydrogens (tertiary/aromatic N) is 2. The molecule has 3 N–H and O–H groups in total. The summed E-state index contributed by atoms with van der Waals surface area (Å²) in [5.41, 5.74) is 0. The van der Waals surface area contributed by atoms with Crippen LogP contribution >= 0.6 is 0 Å². The number of aliphatic hydroxyl groups excluding tert-OH is 1. The Balaban J connectivity index is 2.55. The minimum atomic E-state index is -0.312. The van der Waals surface area contributed by atoms with Crippen LogP contribution in [0.5, 0.6) is 0 Å². The third-order valence-electron chi connectivity index (χ3n) is 1.98. The molecule has 0 aliphatic rings. The molecule has 1 heterocycles. The van der Waals surface area contributed by atoms with E-state index in [0.29, 0.717) is 6.42 Å². The van der Waals surface area contributed by atoms with E-state index in [9.17, 15) is 5.11 Å². The zero-order valence-corrected chi connectivity index (χ0v) is 9.36. The molecule has 0 aliphatic heterocycles. The van der Waals surface area contributed by atoms with E-state index in [2.05, 4.69) is 20.6 Å². The molecular formula is C10H18N4O. The van der Waals surface area contributed by atoms with Crippen molar-refractivity contribution in [3.63, 3.8) is 0 Å². The van der Waals surface area contributed by atoms with Gasteiger partial charge in [-0.15, -0.1) is 0 Å². The molecule has 1 aromatic rings. The van der Waals surface area contributed by atoms with Crippen LogP contribution in [0, 0.1) is 0 Å². The van der Waals surface area contributed by atoms with Crippen LogP contribution in [0.15, 0.2) is 12.4 Å². The lowest BCUT2D eigenvalue weighted by Gasteiger charge is -2.15. The standard InChI is InChI=1S/C10H18N4O/c1-7(4-8(2)15)13-10-6-12-5-9(11-3)14-10/h5-8,15H,4H2,1-3H3,(H2,11,13,14). The lowest BCUT2D eigenvalue weighted by Crippen LogP contribution is -2.21. The lowest BCUT2D eigenvalue weighted by atomic mass is 10.1. The molecule has 0 aromatic carbocycles. The van der Waals surface area contributed by atoms with Crippen molar-refractivity contribution in [2.24, 2.45) is 0 Å². The highest BCUT2D eigenvalue weighted by molar-refractivity contribution is 5.41. The molecule has 0 saturated carbocycles. The van der Waals surface area contributed by atoms with Crippen molar-refractivity contribution in [1.82, 2.24) is 9.97 Å². The van der Waals surface area contributed by atoms with Crippen LogP contribution < -0.4 is 10.6 Å². The Hall–Kier alpha value is -1.36. The second-order valence-corrected chi connectivity index (χ2v) is 3.67. The molecule has 5 heteroatoms. The molecule has 0 bridgehead atoms. The van der Waals surface area contributed by atoms with Gasteiger partial charge in [0.2, 0.25) is 0 Å². The SMILES string of the molecule is CNc1cncc(NC(C)CC(C)O)n1. The van der Waals surface area contributed by atoms with Gasteiger partial charge in [-0.2, -0.15) is 0 Å². The van der Waals surface area contributed by atoms with Crippen LogP contribution in [0.1, 0.15) is 20.3 Å². The van der Waals surface area contributed by atoms with Crippen molar-refractivity contribution in [1.29, 1.82) is 0 Å². The Morgan fingerprint density at radius 3 is 2.60 bits per heavy atom. The molecule has 0 aliphatic carbocycles. The Morgan fingerprint density at radius 1 is 1.33 bits per heavy atom. The highest BCUT2D eigenvalue weighted by atomic mass is 16.3. The average molecular weight is 210 g/mol. The Labute approximate surface area is 90.0 Å². The van der Waals surface area contributed by atoms with Crippen LogP contribution in [0.2, 0.25) is 0 Å². The van der Waals surface area contributed by atoms with E-state index < -0.39 is 0 Å². The molecule has 0 amide bonds. The summed E-state index contributed by atoms with van der Waals surface area (Å²) < 4.78 is 0. The number of aromatic nitrogens is 2. The first-order valence-electron chi connectivity index (χ1n) is 5.06. The highest BCUT2D eigenvalue weighted by Crippen LogP contribution is 2.09. The summed E-state index contributed by atoms with van der Waals surface area (Å²) in [5, 5.41) is 15.3. The van der Waals surface area contributed by atoms with Gasteiger partial charge in [-0.05, 0) is 20.3 Å². The third kappa shape index (κ3) is 4.12. The van der Waals surface area contributed by atoms with Gasteiger partial charge in [-0.25, -0.2) is 4.98 Å². The van der Waals surface area contributed by atoms with Crippen molar-refractivity contribution in [3.8, 4) is 0 Å². The first-order valence-corrected chi connectivity index (χ1v) is 5.06. The smallest absolute Gasteiger partial charge is 0.147 e. The lowest BCUT2D eigenvalue weighted by molar-refractivity contribution is 0.179. The number of hydrogen-bond donors (Lipinski definition) is 3. The van der Waals surface area contributed by atoms with E-state index in [0.717, 1.165) is 11.6 Å². The largest absolute Gasteiger partial charge is 0.393 e. The zero-order valence-electron chi connectivity index (χ0n) is 9.36. The van der Waals surface area contributed by atoms with Crippen LogP contribution in [0.25, 0.3) is 0 Å². The van der Waals surface area contributed by atoms with Crippen LogP contribution in [-0.2, 0) is 0 Å². The maximum atomic E-state index is 9.21. The predicted molar refractivity (Wildman–Crippen MR) is 61.0 cm³/mol. The van der Waals surface area contributed by atoms with Gasteiger partial charge in [0.1, 0.15) is 11.6 Å². The molecule has 0 radical (unpaired) electrons. The van der Waals surface area contributed by atoms with E-state index in [1.165, 1.54) is 0 Å². The van der Waals surface area contributed by atoms with E-state index in [4.69, 9.17) is 0 Å². The van der Waals surface area contributed by atoms with E-state index in [1.54, 1.807) is 26.4 Å². The molecule has 15 heavy (non-hydrogen) atoms. The maximum Gasteiger partial charge on any atom is 0.147 e. The van der Waals surface area contributed by atoms with Gasteiger partial charge in [0.15, 0.2) is 0 Å². The quantitative estimate of drug-likeness (QED) is 0.678. The molecule has 0 fully saturated rings. The number of rotatable bonds is 5. The second kappa shape index (κ2) is 5.50. The van der Waals surface area contributed by atoms with Gasteiger partial charge >= 0.3 is 0 Å². The fourth-order valence-corrected chi connectivity index (χ4v) is 1.38. The van der Waals surface area contributed by atoms with Gasteiger partial charge in [-0.3, -0.25) is 4.98 Å². The monoisotopic (exact) mass is 210 g/mol. The second-order valence-electron chi connectivity index (χ2n) is 3.67. The molecule has 0 saturated heterocycles. The molecule has 5 nitrogen and oxygen atoms in total. The first kappa shape index (κ1) is 11.7.